The number of halogens is 1. The first-order valence-corrected chi connectivity index (χ1v) is 7.75. The van der Waals surface area contributed by atoms with Crippen LogP contribution >= 0.6 is 11.3 Å². The van der Waals surface area contributed by atoms with Crippen molar-refractivity contribution < 1.29 is 23.5 Å². The van der Waals surface area contributed by atoms with Crippen molar-refractivity contribution in [3.63, 3.8) is 0 Å². The molecule has 0 fully saturated rings. The summed E-state index contributed by atoms with van der Waals surface area (Å²) in [7, 11) is 1.29. The van der Waals surface area contributed by atoms with Gasteiger partial charge in [-0.15, -0.1) is 11.3 Å². The van der Waals surface area contributed by atoms with Crippen molar-refractivity contribution in [2.24, 2.45) is 0 Å². The van der Waals surface area contributed by atoms with Crippen molar-refractivity contribution in [2.75, 3.05) is 13.7 Å². The molecule has 0 radical (unpaired) electrons. The lowest BCUT2D eigenvalue weighted by Crippen LogP contribution is -2.33. The molecule has 5 nitrogen and oxygen atoms in total. The third-order valence-electron chi connectivity index (χ3n) is 3.02. The van der Waals surface area contributed by atoms with E-state index in [0.717, 1.165) is 4.88 Å². The number of benzene rings is 1. The van der Waals surface area contributed by atoms with Crippen molar-refractivity contribution in [3.8, 4) is 5.75 Å². The molecule has 0 spiro atoms. The average molecular weight is 337 g/mol. The van der Waals surface area contributed by atoms with E-state index in [2.05, 4.69) is 10.1 Å². The van der Waals surface area contributed by atoms with Crippen LogP contribution in [0.1, 0.15) is 17.3 Å². The maximum Gasteiger partial charge on any atom is 0.307 e. The molecule has 7 heteroatoms. The molecule has 1 unspecified atom stereocenters. The Labute approximate surface area is 137 Å². The second kappa shape index (κ2) is 8.28. The highest BCUT2D eigenvalue weighted by atomic mass is 32.1. The van der Waals surface area contributed by atoms with Crippen molar-refractivity contribution in [1.29, 1.82) is 0 Å². The maximum absolute atomic E-state index is 13.4. The number of thiophene rings is 1. The smallest absolute Gasteiger partial charge is 0.307 e. The highest BCUT2D eigenvalue weighted by Gasteiger charge is 2.20. The van der Waals surface area contributed by atoms with Crippen LogP contribution in [0.2, 0.25) is 0 Å². The minimum Gasteiger partial charge on any atom is -0.481 e. The SMILES string of the molecule is COC(=O)CC(NC(=O)COc1ccccc1F)c1cccs1. The summed E-state index contributed by atoms with van der Waals surface area (Å²) >= 11 is 1.42. The highest BCUT2D eigenvalue weighted by molar-refractivity contribution is 7.10. The van der Waals surface area contributed by atoms with Crippen molar-refractivity contribution in [3.05, 3.63) is 52.5 Å². The zero-order chi connectivity index (χ0) is 16.7. The second-order valence-corrected chi connectivity index (χ2v) is 5.61. The van der Waals surface area contributed by atoms with Crippen molar-refractivity contribution >= 4 is 23.2 Å². The number of carbonyl (C=O) groups is 2. The molecule has 1 atom stereocenters. The topological polar surface area (TPSA) is 64.6 Å². The fourth-order valence-corrected chi connectivity index (χ4v) is 2.68. The van der Waals surface area contributed by atoms with Crippen molar-refractivity contribution in [2.45, 2.75) is 12.5 Å². The largest absolute Gasteiger partial charge is 0.481 e. The van der Waals surface area contributed by atoms with Gasteiger partial charge in [-0.2, -0.15) is 0 Å². The summed E-state index contributed by atoms with van der Waals surface area (Å²) in [6.07, 6.45) is 0.0163. The van der Waals surface area contributed by atoms with Crippen LogP contribution in [-0.2, 0) is 14.3 Å². The van der Waals surface area contributed by atoms with Crippen LogP contribution in [0.3, 0.4) is 0 Å². The van der Waals surface area contributed by atoms with Gasteiger partial charge in [0.05, 0.1) is 19.6 Å². The second-order valence-electron chi connectivity index (χ2n) is 4.63. The van der Waals surface area contributed by atoms with Gasteiger partial charge < -0.3 is 14.8 Å². The number of carbonyl (C=O) groups excluding carboxylic acids is 2. The summed E-state index contributed by atoms with van der Waals surface area (Å²) in [5.41, 5.74) is 0. The predicted octanol–water partition coefficient (Wildman–Crippen LogP) is 2.69. The molecule has 122 valence electrons. The van der Waals surface area contributed by atoms with Gasteiger partial charge in [-0.05, 0) is 23.6 Å². The lowest BCUT2D eigenvalue weighted by Gasteiger charge is -2.16. The van der Waals surface area contributed by atoms with Crippen LogP contribution < -0.4 is 10.1 Å². The first-order chi connectivity index (χ1) is 11.1. The lowest BCUT2D eigenvalue weighted by molar-refractivity contribution is -0.141. The molecule has 1 heterocycles. The number of hydrogen-bond acceptors (Lipinski definition) is 5. The van der Waals surface area contributed by atoms with Gasteiger partial charge in [0.25, 0.3) is 5.91 Å². The summed E-state index contributed by atoms with van der Waals surface area (Å²) in [5.74, 6) is -1.41. The van der Waals surface area contributed by atoms with E-state index in [1.807, 2.05) is 17.5 Å². The summed E-state index contributed by atoms with van der Waals surface area (Å²) in [6, 6.07) is 8.97. The summed E-state index contributed by atoms with van der Waals surface area (Å²) in [4.78, 5) is 24.3. The molecule has 0 saturated carbocycles. The van der Waals surface area contributed by atoms with E-state index in [1.165, 1.54) is 36.6 Å². The van der Waals surface area contributed by atoms with Crippen LogP contribution in [0, 0.1) is 5.82 Å². The molecule has 0 bridgehead atoms. The Hall–Kier alpha value is -2.41. The minimum atomic E-state index is -0.537. The third-order valence-corrected chi connectivity index (χ3v) is 4.00. The molecule has 0 aliphatic rings. The number of hydrogen-bond donors (Lipinski definition) is 1. The van der Waals surface area contributed by atoms with Gasteiger partial charge in [-0.25, -0.2) is 4.39 Å². The molecule has 23 heavy (non-hydrogen) atoms. The van der Waals surface area contributed by atoms with Gasteiger partial charge >= 0.3 is 5.97 Å². The van der Waals surface area contributed by atoms with Gasteiger partial charge in [0.1, 0.15) is 0 Å². The fourth-order valence-electron chi connectivity index (χ4n) is 1.90. The maximum atomic E-state index is 13.4. The molecule has 2 rings (SSSR count). The summed E-state index contributed by atoms with van der Waals surface area (Å²) in [6.45, 7) is -0.343. The number of methoxy groups -OCH3 is 1. The average Bonchev–Trinajstić information content (AvgIpc) is 3.07. The Morgan fingerprint density at radius 2 is 2.04 bits per heavy atom. The Morgan fingerprint density at radius 3 is 2.70 bits per heavy atom. The van der Waals surface area contributed by atoms with Gasteiger partial charge in [0.2, 0.25) is 0 Å². The van der Waals surface area contributed by atoms with Crippen molar-refractivity contribution in [1.82, 2.24) is 5.32 Å². The van der Waals surface area contributed by atoms with Gasteiger partial charge in [-0.3, -0.25) is 9.59 Å². The fraction of sp³-hybridized carbons (Fsp3) is 0.250. The Kier molecular flexibility index (Phi) is 6.10. The Balaban J connectivity index is 1.95. The zero-order valence-corrected chi connectivity index (χ0v) is 13.3. The van der Waals surface area contributed by atoms with Crippen LogP contribution in [0.4, 0.5) is 4.39 Å². The van der Waals surface area contributed by atoms with Gasteiger partial charge in [0, 0.05) is 4.88 Å². The standard InChI is InChI=1S/C16H16FNO4S/c1-21-16(20)9-12(14-7-4-8-23-14)18-15(19)10-22-13-6-3-2-5-11(13)17/h2-8,12H,9-10H2,1H3,(H,18,19). The zero-order valence-electron chi connectivity index (χ0n) is 12.5. The van der Waals surface area contributed by atoms with E-state index in [-0.39, 0.29) is 18.8 Å². The van der Waals surface area contributed by atoms with Crippen LogP contribution in [0.15, 0.2) is 41.8 Å². The van der Waals surface area contributed by atoms with E-state index in [9.17, 15) is 14.0 Å². The Morgan fingerprint density at radius 1 is 1.26 bits per heavy atom. The quantitative estimate of drug-likeness (QED) is 0.789. The number of esters is 1. The molecular formula is C16H16FNO4S. The molecule has 1 amide bonds. The number of rotatable bonds is 7. The number of ether oxygens (including phenoxy) is 2. The molecule has 1 aromatic heterocycles. The van der Waals surface area contributed by atoms with Crippen LogP contribution in [-0.4, -0.2) is 25.6 Å². The normalized spacial score (nSPS) is 11.6. The lowest BCUT2D eigenvalue weighted by atomic mass is 10.1. The molecule has 2 aromatic rings. The van der Waals surface area contributed by atoms with E-state index in [1.54, 1.807) is 6.07 Å². The first-order valence-electron chi connectivity index (χ1n) is 6.87. The monoisotopic (exact) mass is 337 g/mol. The van der Waals surface area contributed by atoms with E-state index >= 15 is 0 Å². The van der Waals surface area contributed by atoms with Gasteiger partial charge in [-0.1, -0.05) is 18.2 Å². The van der Waals surface area contributed by atoms with E-state index in [0.29, 0.717) is 0 Å². The minimum absolute atomic E-state index is 0.00305. The molecule has 0 aliphatic heterocycles. The first kappa shape index (κ1) is 17.0. The third kappa shape index (κ3) is 5.07. The molecule has 1 aromatic carbocycles. The van der Waals surface area contributed by atoms with Gasteiger partial charge in [0.15, 0.2) is 18.2 Å². The highest BCUT2D eigenvalue weighted by Crippen LogP contribution is 2.22. The molecule has 1 N–H and O–H groups in total. The Bertz CT molecular complexity index is 660. The number of para-hydroxylation sites is 1. The number of amides is 1. The molecular weight excluding hydrogens is 321 g/mol. The van der Waals surface area contributed by atoms with Crippen LogP contribution in [0.25, 0.3) is 0 Å². The number of nitrogens with one attached hydrogen (secondary N) is 1. The van der Waals surface area contributed by atoms with E-state index < -0.39 is 23.7 Å². The summed E-state index contributed by atoms with van der Waals surface area (Å²) < 4.78 is 23.2. The summed E-state index contributed by atoms with van der Waals surface area (Å²) in [5, 5.41) is 4.55. The molecule has 0 aliphatic carbocycles. The van der Waals surface area contributed by atoms with Crippen LogP contribution in [0.5, 0.6) is 5.75 Å². The predicted molar refractivity (Wildman–Crippen MR) is 83.7 cm³/mol. The molecule has 0 saturated heterocycles. The van der Waals surface area contributed by atoms with E-state index in [4.69, 9.17) is 4.74 Å².